The van der Waals surface area contributed by atoms with Gasteiger partial charge in [0.15, 0.2) is 5.75 Å². The van der Waals surface area contributed by atoms with Gasteiger partial charge in [0.1, 0.15) is 10.0 Å². The van der Waals surface area contributed by atoms with Gasteiger partial charge in [0.25, 0.3) is 0 Å². The van der Waals surface area contributed by atoms with Gasteiger partial charge < -0.3 is 43.8 Å². The Morgan fingerprint density at radius 2 is 1.00 bits per heavy atom. The van der Waals surface area contributed by atoms with Crippen molar-refractivity contribution in [2.75, 3.05) is 52.9 Å². The molecule has 35 heavy (non-hydrogen) atoms. The second-order valence-corrected chi connectivity index (χ2v) is 9.78. The minimum absolute atomic E-state index is 0.00904. The van der Waals surface area contributed by atoms with E-state index >= 15 is 0 Å². The molecule has 1 aromatic rings. The number of hydrogen-bond donors (Lipinski definition) is 5. The Balaban J connectivity index is 0. The van der Waals surface area contributed by atoms with Gasteiger partial charge >= 0.3 is 8.60 Å². The maximum Gasteiger partial charge on any atom is 0.332 e. The molecule has 1 aliphatic heterocycles. The summed E-state index contributed by atoms with van der Waals surface area (Å²) in [6.07, 6.45) is 0.583. The van der Waals surface area contributed by atoms with Gasteiger partial charge in [0.2, 0.25) is 0 Å². The van der Waals surface area contributed by atoms with E-state index in [1.807, 2.05) is 20.8 Å². The Labute approximate surface area is 232 Å². The van der Waals surface area contributed by atoms with Crippen LogP contribution < -0.4 is 0 Å². The van der Waals surface area contributed by atoms with Crippen LogP contribution in [0.5, 0.6) is 5.75 Å². The highest BCUT2D eigenvalue weighted by molar-refractivity contribution is 7.41. The Morgan fingerprint density at radius 1 is 0.743 bits per heavy atom. The van der Waals surface area contributed by atoms with Crippen LogP contribution in [-0.4, -0.2) is 84.5 Å². The Kier molecular flexibility index (Phi) is 23.2. The molecule has 0 bridgehead atoms. The molecule has 1 aliphatic rings. The number of benzene rings is 1. The van der Waals surface area contributed by atoms with E-state index < -0.39 is 40.4 Å². The fourth-order valence-electron chi connectivity index (χ4n) is 1.42. The summed E-state index contributed by atoms with van der Waals surface area (Å²) < 4.78 is 20.1. The number of phenolic OH excluding ortho intramolecular Hbond substituents is 1. The quantitative estimate of drug-likeness (QED) is 0.101. The molecule has 1 atom stereocenters. The van der Waals surface area contributed by atoms with Gasteiger partial charge in [0.05, 0.1) is 79.4 Å². The van der Waals surface area contributed by atoms with Crippen LogP contribution in [0.2, 0.25) is 25.1 Å². The lowest BCUT2D eigenvalue weighted by molar-refractivity contribution is -0.0328. The topological polar surface area (TPSA) is 141 Å². The van der Waals surface area contributed by atoms with E-state index in [0.717, 1.165) is 6.61 Å². The van der Waals surface area contributed by atoms with Gasteiger partial charge in [-0.3, -0.25) is 0 Å². The molecular weight excluding hydrogens is 592 g/mol. The number of ether oxygens (including phenoxy) is 1. The Hall–Kier alpha value is 0.580. The summed E-state index contributed by atoms with van der Waals surface area (Å²) in [5.41, 5.74) is -1.11. The second kappa shape index (κ2) is 21.5. The molecule has 0 aliphatic carbocycles. The number of aliphatic hydroxyl groups is 4. The molecule has 1 aromatic carbocycles. The number of halogens is 5. The van der Waals surface area contributed by atoms with Crippen LogP contribution in [0.25, 0.3) is 0 Å². The summed E-state index contributed by atoms with van der Waals surface area (Å²) in [6, 6.07) is 0. The molecule has 1 unspecified atom stereocenters. The molecule has 0 amide bonds. The summed E-state index contributed by atoms with van der Waals surface area (Å²) in [7, 11) is -1.06. The van der Waals surface area contributed by atoms with E-state index in [0.29, 0.717) is 25.9 Å². The maximum absolute atomic E-state index is 9.20. The molecule has 1 heterocycles. The fourth-order valence-corrected chi connectivity index (χ4v) is 3.40. The Morgan fingerprint density at radius 3 is 1.17 bits per heavy atom. The van der Waals surface area contributed by atoms with Gasteiger partial charge in [0, 0.05) is 0 Å². The van der Waals surface area contributed by atoms with Crippen LogP contribution in [-0.2, 0) is 18.3 Å². The maximum atomic E-state index is 9.20. The molecule has 15 heteroatoms. The van der Waals surface area contributed by atoms with Crippen molar-refractivity contribution in [2.45, 2.75) is 33.8 Å². The summed E-state index contributed by atoms with van der Waals surface area (Å²) >= 11 is 27.9. The van der Waals surface area contributed by atoms with Crippen LogP contribution in [0.1, 0.15) is 27.7 Å². The number of epoxide rings is 1. The van der Waals surface area contributed by atoms with Crippen LogP contribution in [0.4, 0.5) is 0 Å². The number of aromatic hydroxyl groups is 1. The van der Waals surface area contributed by atoms with Crippen molar-refractivity contribution in [3.05, 3.63) is 25.1 Å². The molecule has 208 valence electrons. The molecule has 1 fully saturated rings. The molecule has 0 aromatic heterocycles. The predicted octanol–water partition coefficient (Wildman–Crippen LogP) is 5.33. The zero-order chi connectivity index (χ0) is 27.6. The van der Waals surface area contributed by atoms with Crippen molar-refractivity contribution < 1.29 is 43.8 Å². The molecule has 0 radical (unpaired) electrons. The lowest BCUT2D eigenvalue weighted by atomic mass is 9.93. The lowest BCUT2D eigenvalue weighted by Gasteiger charge is -2.23. The van der Waals surface area contributed by atoms with E-state index in [1.54, 1.807) is 0 Å². The van der Waals surface area contributed by atoms with E-state index in [1.165, 1.54) is 0 Å². The van der Waals surface area contributed by atoms with E-state index in [9.17, 15) is 5.11 Å². The highest BCUT2D eigenvalue weighted by atomic mass is 35.5. The first-order valence-electron chi connectivity index (χ1n) is 10.4. The third kappa shape index (κ3) is 15.6. The molecule has 9 nitrogen and oxygen atoms in total. The minimum Gasteiger partial charge on any atom is -0.505 e. The Bertz CT molecular complexity index is 559. The normalized spacial score (nSPS) is 14.3. The van der Waals surface area contributed by atoms with Gasteiger partial charge in [-0.05, 0) is 27.7 Å². The van der Waals surface area contributed by atoms with Crippen molar-refractivity contribution in [1.29, 1.82) is 0 Å². The zero-order valence-corrected chi connectivity index (χ0v) is 24.6. The van der Waals surface area contributed by atoms with E-state index in [2.05, 4.69) is 6.92 Å². The largest absolute Gasteiger partial charge is 0.505 e. The fraction of sp³-hybridized carbons (Fsp3) is 0.700. The highest BCUT2D eigenvalue weighted by Gasteiger charge is 2.26. The molecule has 1 saturated heterocycles. The number of hydrogen-bond acceptors (Lipinski definition) is 9. The minimum atomic E-state index is -1.11. The van der Waals surface area contributed by atoms with Crippen molar-refractivity contribution in [3.8, 4) is 5.75 Å². The molecule has 2 rings (SSSR count). The predicted molar refractivity (Wildman–Crippen MR) is 141 cm³/mol. The first kappa shape index (κ1) is 37.7. The first-order chi connectivity index (χ1) is 16.4. The first-order valence-corrected chi connectivity index (χ1v) is 13.4. The molecule has 5 N–H and O–H groups in total. The van der Waals surface area contributed by atoms with Crippen molar-refractivity contribution in [1.82, 2.24) is 0 Å². The third-order valence-corrected chi connectivity index (χ3v) is 7.40. The van der Waals surface area contributed by atoms with E-state index in [4.69, 9.17) is 96.7 Å². The summed E-state index contributed by atoms with van der Waals surface area (Å²) in [4.78, 5) is 0. The third-order valence-electron chi connectivity index (χ3n) is 3.73. The van der Waals surface area contributed by atoms with Gasteiger partial charge in [-0.25, -0.2) is 0 Å². The van der Waals surface area contributed by atoms with Gasteiger partial charge in [-0.15, -0.1) is 0 Å². The summed E-state index contributed by atoms with van der Waals surface area (Å²) in [5.74, 6) is -0.363. The highest BCUT2D eigenvalue weighted by Crippen LogP contribution is 2.47. The summed E-state index contributed by atoms with van der Waals surface area (Å²) in [6.45, 7) is 9.12. The van der Waals surface area contributed by atoms with Crippen molar-refractivity contribution >= 4 is 66.6 Å². The van der Waals surface area contributed by atoms with Gasteiger partial charge in [-0.1, -0.05) is 58.0 Å². The SMILES string of the molecule is CC1CO1.CCOP(OCC)OCC.OCC(CO)(CO)CO.Oc1c(Cl)c(Cl)c(Cl)c(Cl)c1Cl. The standard InChI is InChI=1S/C6HCl5O.C6H15O3P.C5H12O4.C3H6O/c7-1-2(8)4(10)6(12)5(11)3(1)9;1-4-7-10(8-5-2)9-6-3;6-1-5(2-7,3-8)4-9;1-3-2-4-3/h12H;4-6H2,1-3H3;6-9H,1-4H2;3H,2H2,1H3. The number of aliphatic hydroxyl groups excluding tert-OH is 4. The van der Waals surface area contributed by atoms with Crippen LogP contribution >= 0.6 is 66.6 Å². The van der Waals surface area contributed by atoms with Crippen LogP contribution in [0, 0.1) is 5.41 Å². The van der Waals surface area contributed by atoms with Crippen LogP contribution in [0.3, 0.4) is 0 Å². The molecule has 0 saturated carbocycles. The number of rotatable bonds is 10. The summed E-state index contributed by atoms with van der Waals surface area (Å²) in [5, 5.41) is 43.0. The smallest absolute Gasteiger partial charge is 0.332 e. The van der Waals surface area contributed by atoms with Crippen LogP contribution in [0.15, 0.2) is 0 Å². The molecular formula is C20H34Cl5O9P. The average Bonchev–Trinajstić information content (AvgIpc) is 3.66. The average molecular weight is 627 g/mol. The monoisotopic (exact) mass is 624 g/mol. The lowest BCUT2D eigenvalue weighted by Crippen LogP contribution is -2.37. The second-order valence-electron chi connectivity index (χ2n) is 6.67. The zero-order valence-electron chi connectivity index (χ0n) is 19.9. The van der Waals surface area contributed by atoms with Crippen molar-refractivity contribution in [3.63, 3.8) is 0 Å². The molecule has 0 spiro atoms. The van der Waals surface area contributed by atoms with Gasteiger partial charge in [-0.2, -0.15) is 0 Å². The van der Waals surface area contributed by atoms with Crippen molar-refractivity contribution in [2.24, 2.45) is 5.41 Å². The van der Waals surface area contributed by atoms with E-state index in [-0.39, 0.29) is 30.9 Å². The number of phenols is 1.